The molecule has 1 aromatic carbocycles. The molecule has 1 saturated heterocycles. The number of halogens is 2. The molecule has 0 bridgehead atoms. The molecule has 1 aliphatic carbocycles. The molecule has 0 radical (unpaired) electrons. The number of alkyl halides is 1. The van der Waals surface area contributed by atoms with Gasteiger partial charge in [0, 0.05) is 28.6 Å². The van der Waals surface area contributed by atoms with E-state index < -0.39 is 0 Å². The molecule has 0 N–H and O–H groups in total. The summed E-state index contributed by atoms with van der Waals surface area (Å²) in [4.78, 5) is 2.60. The van der Waals surface area contributed by atoms with Crippen molar-refractivity contribution in [3.05, 3.63) is 28.8 Å². The predicted molar refractivity (Wildman–Crippen MR) is 81.8 cm³/mol. The number of fused-ring (bicyclic) bond motifs is 1. The lowest BCUT2D eigenvalue weighted by Crippen LogP contribution is -2.42. The average Bonchev–Trinajstić information content (AvgIpc) is 2.86. The number of rotatable bonds is 2. The van der Waals surface area contributed by atoms with Gasteiger partial charge in [-0.25, -0.2) is 0 Å². The van der Waals surface area contributed by atoms with E-state index in [-0.39, 0.29) is 0 Å². The van der Waals surface area contributed by atoms with Crippen molar-refractivity contribution >= 4 is 33.2 Å². The van der Waals surface area contributed by atoms with E-state index in [1.807, 2.05) is 0 Å². The number of nitrogens with zero attached hydrogens (tertiary/aromatic N) is 1. The van der Waals surface area contributed by atoms with Gasteiger partial charge in [0.2, 0.25) is 0 Å². The molecule has 18 heavy (non-hydrogen) atoms. The summed E-state index contributed by atoms with van der Waals surface area (Å²) in [5, 5.41) is 1.72. The molecule has 1 nitrogen and oxygen atoms in total. The Morgan fingerprint density at radius 3 is 2.83 bits per heavy atom. The summed E-state index contributed by atoms with van der Waals surface area (Å²) in [6.07, 6.45) is 6.95. The Labute approximate surface area is 123 Å². The summed E-state index contributed by atoms with van der Waals surface area (Å²) < 4.78 is 0. The minimum absolute atomic E-state index is 0.768. The van der Waals surface area contributed by atoms with Crippen LogP contribution >= 0.6 is 27.5 Å². The van der Waals surface area contributed by atoms with Crippen molar-refractivity contribution in [1.82, 2.24) is 0 Å². The molecule has 3 rings (SSSR count). The van der Waals surface area contributed by atoms with Crippen LogP contribution in [0.3, 0.4) is 0 Å². The second-order valence-electron chi connectivity index (χ2n) is 5.50. The fourth-order valence-electron chi connectivity index (χ4n) is 3.60. The molecule has 1 aliphatic heterocycles. The highest BCUT2D eigenvalue weighted by atomic mass is 79.9. The first-order valence-electron chi connectivity index (χ1n) is 6.90. The van der Waals surface area contributed by atoms with Gasteiger partial charge in [-0.1, -0.05) is 40.0 Å². The van der Waals surface area contributed by atoms with Gasteiger partial charge in [0.25, 0.3) is 0 Å². The number of hydrogen-bond acceptors (Lipinski definition) is 1. The first kappa shape index (κ1) is 12.8. The standard InChI is InChI=1S/C15H19BrClN/c16-10-12-6-7-13(9-14(12)17)18-8-2-4-11-3-1-5-15(11)18/h6-7,9,11,15H,1-5,8,10H2. The van der Waals surface area contributed by atoms with Gasteiger partial charge in [0.15, 0.2) is 0 Å². The van der Waals surface area contributed by atoms with Crippen LogP contribution in [0.15, 0.2) is 18.2 Å². The van der Waals surface area contributed by atoms with Gasteiger partial charge in [-0.15, -0.1) is 0 Å². The van der Waals surface area contributed by atoms with E-state index in [1.54, 1.807) is 0 Å². The van der Waals surface area contributed by atoms with Crippen molar-refractivity contribution in [3.63, 3.8) is 0 Å². The van der Waals surface area contributed by atoms with Gasteiger partial charge in [0.1, 0.15) is 0 Å². The number of hydrogen-bond donors (Lipinski definition) is 0. The Kier molecular flexibility index (Phi) is 3.86. The fraction of sp³-hybridized carbons (Fsp3) is 0.600. The highest BCUT2D eigenvalue weighted by Gasteiger charge is 2.35. The Morgan fingerprint density at radius 2 is 2.06 bits per heavy atom. The Balaban J connectivity index is 1.87. The largest absolute Gasteiger partial charge is 0.368 e. The summed E-state index contributed by atoms with van der Waals surface area (Å²) in [5.41, 5.74) is 2.50. The topological polar surface area (TPSA) is 3.24 Å². The molecular formula is C15H19BrClN. The molecule has 1 heterocycles. The SMILES string of the molecule is Clc1cc(N2CCCC3CCCC32)ccc1CBr. The lowest BCUT2D eigenvalue weighted by atomic mass is 9.91. The van der Waals surface area contributed by atoms with E-state index in [9.17, 15) is 0 Å². The smallest absolute Gasteiger partial charge is 0.0467 e. The van der Waals surface area contributed by atoms with Gasteiger partial charge >= 0.3 is 0 Å². The second kappa shape index (κ2) is 5.42. The van der Waals surface area contributed by atoms with Crippen molar-refractivity contribution in [2.45, 2.75) is 43.5 Å². The van der Waals surface area contributed by atoms with E-state index in [0.717, 1.165) is 22.3 Å². The second-order valence-corrected chi connectivity index (χ2v) is 6.47. The van der Waals surface area contributed by atoms with Crippen LogP contribution in [0, 0.1) is 5.92 Å². The van der Waals surface area contributed by atoms with E-state index in [0.29, 0.717) is 0 Å². The normalized spacial score (nSPS) is 27.3. The van der Waals surface area contributed by atoms with Crippen molar-refractivity contribution in [3.8, 4) is 0 Å². The van der Waals surface area contributed by atoms with Crippen LogP contribution in [0.25, 0.3) is 0 Å². The van der Waals surface area contributed by atoms with Crippen LogP contribution in [0.4, 0.5) is 5.69 Å². The maximum absolute atomic E-state index is 6.33. The van der Waals surface area contributed by atoms with Crippen LogP contribution in [-0.4, -0.2) is 12.6 Å². The minimum atomic E-state index is 0.768. The first-order valence-corrected chi connectivity index (χ1v) is 8.40. The fourth-order valence-corrected chi connectivity index (χ4v) is 4.49. The van der Waals surface area contributed by atoms with Crippen LogP contribution in [-0.2, 0) is 5.33 Å². The molecule has 1 saturated carbocycles. The third-order valence-corrected chi connectivity index (χ3v) is 5.46. The maximum Gasteiger partial charge on any atom is 0.0467 e. The van der Waals surface area contributed by atoms with E-state index in [1.165, 1.54) is 49.9 Å². The quantitative estimate of drug-likeness (QED) is 0.690. The predicted octanol–water partition coefficient (Wildman–Crippen LogP) is 5.00. The Morgan fingerprint density at radius 1 is 1.22 bits per heavy atom. The average molecular weight is 329 g/mol. The van der Waals surface area contributed by atoms with Crippen molar-refractivity contribution in [2.24, 2.45) is 5.92 Å². The third-order valence-electron chi connectivity index (χ3n) is 4.51. The highest BCUT2D eigenvalue weighted by molar-refractivity contribution is 9.08. The van der Waals surface area contributed by atoms with Gasteiger partial charge in [0.05, 0.1) is 0 Å². The number of benzene rings is 1. The van der Waals surface area contributed by atoms with Crippen molar-refractivity contribution in [2.75, 3.05) is 11.4 Å². The van der Waals surface area contributed by atoms with Crippen molar-refractivity contribution < 1.29 is 0 Å². The third kappa shape index (κ3) is 2.30. The van der Waals surface area contributed by atoms with Crippen molar-refractivity contribution in [1.29, 1.82) is 0 Å². The summed E-state index contributed by atoms with van der Waals surface area (Å²) >= 11 is 9.81. The molecule has 2 atom stereocenters. The van der Waals surface area contributed by atoms with Gasteiger partial charge in [-0.3, -0.25) is 0 Å². The van der Waals surface area contributed by atoms with Crippen LogP contribution in [0.1, 0.15) is 37.7 Å². The lowest BCUT2D eigenvalue weighted by Gasteiger charge is -2.39. The van der Waals surface area contributed by atoms with Crippen LogP contribution < -0.4 is 4.90 Å². The monoisotopic (exact) mass is 327 g/mol. The van der Waals surface area contributed by atoms with Gasteiger partial charge < -0.3 is 4.90 Å². The van der Waals surface area contributed by atoms with Gasteiger partial charge in [-0.2, -0.15) is 0 Å². The summed E-state index contributed by atoms with van der Waals surface area (Å²) in [7, 11) is 0. The van der Waals surface area contributed by atoms with Gasteiger partial charge in [-0.05, 0) is 49.3 Å². The zero-order valence-electron chi connectivity index (χ0n) is 10.5. The molecule has 0 aromatic heterocycles. The van der Waals surface area contributed by atoms with E-state index >= 15 is 0 Å². The maximum atomic E-state index is 6.33. The number of piperidine rings is 1. The Hall–Kier alpha value is -0.210. The molecule has 0 spiro atoms. The zero-order chi connectivity index (χ0) is 12.5. The molecular weight excluding hydrogens is 310 g/mol. The molecule has 2 fully saturated rings. The Bertz CT molecular complexity index is 435. The summed E-state index contributed by atoms with van der Waals surface area (Å²) in [6.45, 7) is 1.20. The van der Waals surface area contributed by atoms with E-state index in [2.05, 4.69) is 39.0 Å². The van der Waals surface area contributed by atoms with Crippen LogP contribution in [0.5, 0.6) is 0 Å². The summed E-state index contributed by atoms with van der Waals surface area (Å²) in [5.74, 6) is 0.924. The zero-order valence-corrected chi connectivity index (χ0v) is 12.9. The molecule has 2 unspecified atom stereocenters. The number of anilines is 1. The van der Waals surface area contributed by atoms with E-state index in [4.69, 9.17) is 11.6 Å². The molecule has 1 aromatic rings. The molecule has 2 aliphatic rings. The lowest BCUT2D eigenvalue weighted by molar-refractivity contribution is 0.362. The molecule has 3 heteroatoms. The first-order chi connectivity index (χ1) is 8.79. The molecule has 98 valence electrons. The van der Waals surface area contributed by atoms with Crippen LogP contribution in [0.2, 0.25) is 5.02 Å². The highest BCUT2D eigenvalue weighted by Crippen LogP contribution is 2.39. The summed E-state index contributed by atoms with van der Waals surface area (Å²) in [6, 6.07) is 7.32. The molecule has 0 amide bonds. The minimum Gasteiger partial charge on any atom is -0.368 e.